The molecule has 1 aromatic heterocycles. The molecule has 1 heterocycles. The molecule has 2 aromatic carbocycles. The van der Waals surface area contributed by atoms with Gasteiger partial charge in [-0.25, -0.2) is 13.4 Å². The minimum atomic E-state index is -4.63. The molecule has 0 fully saturated rings. The number of hydrazone groups is 1. The van der Waals surface area contributed by atoms with E-state index in [4.69, 9.17) is 5.73 Å². The van der Waals surface area contributed by atoms with Gasteiger partial charge in [0.05, 0.1) is 21.6 Å². The van der Waals surface area contributed by atoms with E-state index in [1.807, 2.05) is 0 Å². The number of aromatic nitrogens is 1. The maximum Gasteiger partial charge on any atom is 0.416 e. The van der Waals surface area contributed by atoms with Crippen LogP contribution in [0.15, 0.2) is 68.8 Å². The molecule has 3 aromatic rings. The predicted octanol–water partition coefficient (Wildman–Crippen LogP) is 4.02. The van der Waals surface area contributed by atoms with Crippen molar-refractivity contribution >= 4 is 38.3 Å². The van der Waals surface area contributed by atoms with E-state index >= 15 is 0 Å². The number of rotatable bonds is 5. The van der Waals surface area contributed by atoms with Crippen LogP contribution < -0.4 is 11.2 Å². The van der Waals surface area contributed by atoms with Crippen LogP contribution in [0.3, 0.4) is 0 Å². The Morgan fingerprint density at radius 3 is 2.46 bits per heavy atom. The standard InChI is InChI=1S/C17H13F3N4O2S2/c18-17(19,20)12-6-7-14(28(25,26)13-4-2-1-3-5-13)11(8-12)9-22-24-16-23-15(21)10-27-16/h1-10H,21H2,(H,23,24). The van der Waals surface area contributed by atoms with Crippen molar-refractivity contribution in [1.29, 1.82) is 0 Å². The number of anilines is 2. The van der Waals surface area contributed by atoms with E-state index in [0.717, 1.165) is 35.8 Å². The van der Waals surface area contributed by atoms with Crippen LogP contribution in [0.4, 0.5) is 24.1 Å². The minimum absolute atomic E-state index is 0.0370. The van der Waals surface area contributed by atoms with Crippen LogP contribution in [0.5, 0.6) is 0 Å². The summed E-state index contributed by atoms with van der Waals surface area (Å²) in [6.07, 6.45) is -3.63. The first kappa shape index (κ1) is 19.8. The lowest BCUT2D eigenvalue weighted by molar-refractivity contribution is -0.137. The van der Waals surface area contributed by atoms with E-state index in [9.17, 15) is 21.6 Å². The molecule has 0 amide bonds. The van der Waals surface area contributed by atoms with Crippen molar-refractivity contribution in [2.75, 3.05) is 11.2 Å². The predicted molar refractivity (Wildman–Crippen MR) is 101 cm³/mol. The van der Waals surface area contributed by atoms with Crippen molar-refractivity contribution in [3.05, 3.63) is 65.0 Å². The van der Waals surface area contributed by atoms with Gasteiger partial charge in [0, 0.05) is 10.9 Å². The average Bonchev–Trinajstić information content (AvgIpc) is 3.06. The molecule has 3 N–H and O–H groups in total. The van der Waals surface area contributed by atoms with Crippen LogP contribution in [-0.4, -0.2) is 19.6 Å². The zero-order valence-electron chi connectivity index (χ0n) is 14.0. The molecule has 11 heteroatoms. The number of nitrogens with zero attached hydrogens (tertiary/aromatic N) is 2. The summed E-state index contributed by atoms with van der Waals surface area (Å²) in [6, 6.07) is 9.80. The lowest BCUT2D eigenvalue weighted by atomic mass is 10.1. The van der Waals surface area contributed by atoms with Gasteiger partial charge in [-0.3, -0.25) is 5.43 Å². The first-order valence-electron chi connectivity index (χ1n) is 7.69. The molecule has 146 valence electrons. The fourth-order valence-corrected chi connectivity index (χ4v) is 4.28. The van der Waals surface area contributed by atoms with E-state index in [1.165, 1.54) is 24.3 Å². The van der Waals surface area contributed by atoms with E-state index in [2.05, 4.69) is 15.5 Å². The highest BCUT2D eigenvalue weighted by molar-refractivity contribution is 7.91. The molecule has 0 radical (unpaired) electrons. The average molecular weight is 426 g/mol. The van der Waals surface area contributed by atoms with Crippen molar-refractivity contribution in [3.63, 3.8) is 0 Å². The van der Waals surface area contributed by atoms with E-state index in [1.54, 1.807) is 11.4 Å². The van der Waals surface area contributed by atoms with Gasteiger partial charge in [0.1, 0.15) is 5.82 Å². The number of halogens is 3. The Labute approximate surface area is 162 Å². The zero-order chi connectivity index (χ0) is 20.4. The second kappa shape index (κ2) is 7.60. The summed E-state index contributed by atoms with van der Waals surface area (Å²) < 4.78 is 65.0. The molecule has 3 rings (SSSR count). The molecule has 6 nitrogen and oxygen atoms in total. The van der Waals surface area contributed by atoms with Crippen molar-refractivity contribution in [1.82, 2.24) is 4.98 Å². The molecule has 0 spiro atoms. The second-order valence-electron chi connectivity index (χ2n) is 5.51. The smallest absolute Gasteiger partial charge is 0.383 e. The highest BCUT2D eigenvalue weighted by Gasteiger charge is 2.32. The van der Waals surface area contributed by atoms with Crippen LogP contribution in [0.25, 0.3) is 0 Å². The fraction of sp³-hybridized carbons (Fsp3) is 0.0588. The maximum absolute atomic E-state index is 13.1. The number of hydrogen-bond donors (Lipinski definition) is 2. The minimum Gasteiger partial charge on any atom is -0.383 e. The molecule has 0 unspecified atom stereocenters. The summed E-state index contributed by atoms with van der Waals surface area (Å²) in [5.41, 5.74) is 6.79. The number of nitrogens with two attached hydrogens (primary N) is 1. The van der Waals surface area contributed by atoms with Crippen molar-refractivity contribution in [2.24, 2.45) is 5.10 Å². The van der Waals surface area contributed by atoms with Gasteiger partial charge >= 0.3 is 6.18 Å². The van der Waals surface area contributed by atoms with Crippen LogP contribution in [-0.2, 0) is 16.0 Å². The number of nitrogens with one attached hydrogen (secondary N) is 1. The zero-order valence-corrected chi connectivity index (χ0v) is 15.6. The SMILES string of the molecule is Nc1csc(NN=Cc2cc(C(F)(F)F)ccc2S(=O)(=O)c2ccccc2)n1. The van der Waals surface area contributed by atoms with Gasteiger partial charge in [0.2, 0.25) is 15.0 Å². The Morgan fingerprint density at radius 2 is 1.86 bits per heavy atom. The summed E-state index contributed by atoms with van der Waals surface area (Å²) >= 11 is 1.14. The lowest BCUT2D eigenvalue weighted by Gasteiger charge is -2.12. The van der Waals surface area contributed by atoms with Crippen molar-refractivity contribution < 1.29 is 21.6 Å². The highest BCUT2D eigenvalue weighted by Crippen LogP contribution is 2.32. The van der Waals surface area contributed by atoms with Gasteiger partial charge < -0.3 is 5.73 Å². The lowest BCUT2D eigenvalue weighted by Crippen LogP contribution is -2.10. The molecule has 0 aliphatic heterocycles. The summed E-state index contributed by atoms with van der Waals surface area (Å²) in [5.74, 6) is 0.258. The second-order valence-corrected chi connectivity index (χ2v) is 8.29. The first-order valence-corrected chi connectivity index (χ1v) is 10.1. The first-order chi connectivity index (χ1) is 13.2. The Balaban J connectivity index is 2.04. The van der Waals surface area contributed by atoms with Crippen LogP contribution in [0, 0.1) is 0 Å². The topological polar surface area (TPSA) is 97.4 Å². The van der Waals surface area contributed by atoms with E-state index in [0.29, 0.717) is 5.13 Å². The third-order valence-electron chi connectivity index (χ3n) is 3.57. The normalized spacial score (nSPS) is 12.4. The Bertz CT molecular complexity index is 1110. The molecular formula is C17H13F3N4O2S2. The Kier molecular flexibility index (Phi) is 5.38. The maximum atomic E-state index is 13.1. The summed E-state index contributed by atoms with van der Waals surface area (Å²) in [4.78, 5) is 3.56. The molecular weight excluding hydrogens is 413 g/mol. The monoisotopic (exact) mass is 426 g/mol. The van der Waals surface area contributed by atoms with Gasteiger partial charge in [-0.2, -0.15) is 18.3 Å². The van der Waals surface area contributed by atoms with Crippen LogP contribution in [0.1, 0.15) is 11.1 Å². The molecule has 28 heavy (non-hydrogen) atoms. The van der Waals surface area contributed by atoms with Gasteiger partial charge in [-0.15, -0.1) is 11.3 Å². The Morgan fingerprint density at radius 1 is 1.14 bits per heavy atom. The summed E-state index contributed by atoms with van der Waals surface area (Å²) in [6.45, 7) is 0. The number of nitrogen functional groups attached to an aromatic ring is 1. The van der Waals surface area contributed by atoms with Crippen LogP contribution >= 0.6 is 11.3 Å². The summed E-state index contributed by atoms with van der Waals surface area (Å²) in [5, 5.41) is 5.66. The molecule has 0 atom stereocenters. The largest absolute Gasteiger partial charge is 0.416 e. The summed E-state index contributed by atoms with van der Waals surface area (Å²) in [7, 11) is -4.04. The van der Waals surface area contributed by atoms with Gasteiger partial charge in [0.25, 0.3) is 0 Å². The third kappa shape index (κ3) is 4.31. The number of benzene rings is 2. The molecule has 0 aliphatic rings. The highest BCUT2D eigenvalue weighted by atomic mass is 32.2. The van der Waals surface area contributed by atoms with Gasteiger partial charge in [-0.05, 0) is 30.3 Å². The third-order valence-corrected chi connectivity index (χ3v) is 6.17. The van der Waals surface area contributed by atoms with Crippen molar-refractivity contribution in [3.8, 4) is 0 Å². The van der Waals surface area contributed by atoms with E-state index < -0.39 is 21.6 Å². The van der Waals surface area contributed by atoms with Gasteiger partial charge in [0.15, 0.2) is 0 Å². The molecule has 0 saturated heterocycles. The molecule has 0 bridgehead atoms. The van der Waals surface area contributed by atoms with Gasteiger partial charge in [-0.1, -0.05) is 18.2 Å². The molecule has 0 saturated carbocycles. The van der Waals surface area contributed by atoms with Crippen LogP contribution in [0.2, 0.25) is 0 Å². The number of thiazole rings is 1. The number of alkyl halides is 3. The molecule has 0 aliphatic carbocycles. The number of hydrogen-bond acceptors (Lipinski definition) is 7. The number of sulfone groups is 1. The quantitative estimate of drug-likeness (QED) is 0.474. The fourth-order valence-electron chi connectivity index (χ4n) is 2.29. The van der Waals surface area contributed by atoms with Crippen molar-refractivity contribution in [2.45, 2.75) is 16.0 Å². The Hall–Kier alpha value is -2.92. The van der Waals surface area contributed by atoms with E-state index in [-0.39, 0.29) is 21.2 Å².